The highest BCUT2D eigenvalue weighted by Gasteiger charge is 2.29. The number of aliphatic hydroxyl groups is 1. The summed E-state index contributed by atoms with van der Waals surface area (Å²) in [6.07, 6.45) is 4.77. The lowest BCUT2D eigenvalue weighted by Crippen LogP contribution is -2.46. The first-order chi connectivity index (χ1) is 12.9. The Labute approximate surface area is 157 Å². The third kappa shape index (κ3) is 3.90. The van der Waals surface area contributed by atoms with E-state index in [1.54, 1.807) is 12.1 Å². The number of carbonyl (C=O) groups is 1. The Hall–Kier alpha value is -3.00. The van der Waals surface area contributed by atoms with E-state index in [1.165, 1.54) is 12.4 Å². The van der Waals surface area contributed by atoms with Gasteiger partial charge in [-0.3, -0.25) is 9.78 Å². The van der Waals surface area contributed by atoms with Crippen molar-refractivity contribution >= 4 is 34.4 Å². The van der Waals surface area contributed by atoms with Gasteiger partial charge in [0, 0.05) is 36.3 Å². The molecule has 8 nitrogen and oxygen atoms in total. The van der Waals surface area contributed by atoms with Gasteiger partial charge in [-0.15, -0.1) is 0 Å². The molecule has 6 N–H and O–H groups in total. The van der Waals surface area contributed by atoms with E-state index < -0.39 is 0 Å². The number of hydrogen-bond acceptors (Lipinski definition) is 7. The van der Waals surface area contributed by atoms with Gasteiger partial charge in [-0.2, -0.15) is 0 Å². The molecule has 0 spiro atoms. The molecule has 2 heterocycles. The maximum Gasteiger partial charge on any atom is 0.255 e. The fraction of sp³-hybridized carbons (Fsp3) is 0.368. The zero-order chi connectivity index (χ0) is 19.6. The third-order valence-corrected chi connectivity index (χ3v) is 4.47. The molecule has 1 aliphatic carbocycles. The Morgan fingerprint density at radius 1 is 1.41 bits per heavy atom. The molecule has 0 atom stereocenters. The smallest absolute Gasteiger partial charge is 0.255 e. The molecule has 0 aromatic carbocycles. The summed E-state index contributed by atoms with van der Waals surface area (Å²) in [7, 11) is 0. The van der Waals surface area contributed by atoms with Gasteiger partial charge in [-0.1, -0.05) is 0 Å². The molecule has 2 aromatic rings. The van der Waals surface area contributed by atoms with Crippen LogP contribution in [0.2, 0.25) is 0 Å². The van der Waals surface area contributed by atoms with Crippen molar-refractivity contribution < 1.29 is 9.90 Å². The van der Waals surface area contributed by atoms with Gasteiger partial charge in [0.2, 0.25) is 0 Å². The number of nitrogens with one attached hydrogen (secondary N) is 3. The number of aliphatic hydroxyl groups excluding tert-OH is 1. The number of allylic oxidation sites excluding steroid dienone is 1. The van der Waals surface area contributed by atoms with Gasteiger partial charge in [-0.25, -0.2) is 4.98 Å². The van der Waals surface area contributed by atoms with Crippen molar-refractivity contribution in [1.29, 1.82) is 5.41 Å². The summed E-state index contributed by atoms with van der Waals surface area (Å²) in [5.41, 5.74) is 8.76. The Kier molecular flexibility index (Phi) is 5.36. The highest BCUT2D eigenvalue weighted by Crippen LogP contribution is 2.28. The average molecular weight is 368 g/mol. The van der Waals surface area contributed by atoms with Crippen molar-refractivity contribution in [3.63, 3.8) is 0 Å². The van der Waals surface area contributed by atoms with Crippen LogP contribution in [0.4, 0.5) is 5.69 Å². The van der Waals surface area contributed by atoms with Crippen molar-refractivity contribution in [3.05, 3.63) is 35.8 Å². The number of carbonyl (C=O) groups excluding carboxylic acids is 1. The summed E-state index contributed by atoms with van der Waals surface area (Å²) in [6.45, 7) is 3.95. The van der Waals surface area contributed by atoms with Gasteiger partial charge in [0.1, 0.15) is 5.52 Å². The lowest BCUT2D eigenvalue weighted by atomic mass is 9.89. The van der Waals surface area contributed by atoms with E-state index in [4.69, 9.17) is 11.1 Å². The second kappa shape index (κ2) is 7.71. The quantitative estimate of drug-likeness (QED) is 0.492. The predicted molar refractivity (Wildman–Crippen MR) is 106 cm³/mol. The van der Waals surface area contributed by atoms with Crippen molar-refractivity contribution in [3.8, 4) is 0 Å². The summed E-state index contributed by atoms with van der Waals surface area (Å²) < 4.78 is 0. The summed E-state index contributed by atoms with van der Waals surface area (Å²) in [4.78, 5) is 21.7. The number of pyridine rings is 2. The second-order valence-electron chi connectivity index (χ2n) is 6.97. The van der Waals surface area contributed by atoms with E-state index in [0.717, 1.165) is 6.21 Å². The van der Waals surface area contributed by atoms with Gasteiger partial charge < -0.3 is 26.9 Å². The molecule has 142 valence electrons. The van der Waals surface area contributed by atoms with Crippen LogP contribution in [0.15, 0.2) is 24.5 Å². The van der Waals surface area contributed by atoms with Gasteiger partial charge in [-0.05, 0) is 38.8 Å². The van der Waals surface area contributed by atoms with Crippen LogP contribution in [0.1, 0.15) is 42.7 Å². The van der Waals surface area contributed by atoms with Crippen LogP contribution in [0.5, 0.6) is 0 Å². The normalized spacial score (nSPS) is 19.6. The summed E-state index contributed by atoms with van der Waals surface area (Å²) in [5, 5.41) is 23.1. The minimum Gasteiger partial charge on any atom is -0.404 e. The van der Waals surface area contributed by atoms with Crippen molar-refractivity contribution in [2.75, 3.05) is 5.32 Å². The molecule has 0 radical (unpaired) electrons. The van der Waals surface area contributed by atoms with Gasteiger partial charge >= 0.3 is 0 Å². The fourth-order valence-electron chi connectivity index (χ4n) is 3.01. The SMILES string of the molecule is CC(C)Nc1c(C(=O)NC2CC(O)C2)cnc2ccc(/C(C=N)=C/N)nc12. The van der Waals surface area contributed by atoms with E-state index >= 15 is 0 Å². The Bertz CT molecular complexity index is 902. The molecular weight excluding hydrogens is 344 g/mol. The largest absolute Gasteiger partial charge is 0.404 e. The Morgan fingerprint density at radius 2 is 2.15 bits per heavy atom. The number of rotatable bonds is 6. The minimum absolute atomic E-state index is 0.0286. The molecular formula is C19H24N6O2. The lowest BCUT2D eigenvalue weighted by molar-refractivity contribution is 0.0563. The maximum atomic E-state index is 12.8. The molecule has 0 aliphatic heterocycles. The number of aromatic nitrogens is 2. The van der Waals surface area contributed by atoms with Crippen LogP contribution in [-0.2, 0) is 0 Å². The molecule has 0 saturated heterocycles. The molecule has 1 fully saturated rings. The Morgan fingerprint density at radius 3 is 2.74 bits per heavy atom. The topological polar surface area (TPSA) is 137 Å². The summed E-state index contributed by atoms with van der Waals surface area (Å²) >= 11 is 0. The molecule has 1 saturated carbocycles. The summed E-state index contributed by atoms with van der Waals surface area (Å²) in [5.74, 6) is -0.252. The first-order valence-corrected chi connectivity index (χ1v) is 8.91. The van der Waals surface area contributed by atoms with E-state index in [0.29, 0.717) is 46.4 Å². The first-order valence-electron chi connectivity index (χ1n) is 8.91. The molecule has 0 bridgehead atoms. The lowest BCUT2D eigenvalue weighted by Gasteiger charge is -2.32. The molecule has 3 rings (SSSR count). The van der Waals surface area contributed by atoms with E-state index in [2.05, 4.69) is 20.6 Å². The number of nitrogens with zero attached hydrogens (tertiary/aromatic N) is 2. The van der Waals surface area contributed by atoms with Crippen LogP contribution in [-0.4, -0.2) is 45.4 Å². The van der Waals surface area contributed by atoms with Gasteiger partial charge in [0.25, 0.3) is 5.91 Å². The standard InChI is InChI=1S/C19H24N6O2/c1-10(2)23-17-14(19(27)24-12-5-13(26)6-12)9-22-16-4-3-15(25-18(16)17)11(7-20)8-21/h3-4,7-10,12-13,20,26H,5-6,21H2,1-2H3,(H,22,23)(H,24,27)/b11-8+,20-7?. The number of anilines is 1. The van der Waals surface area contributed by atoms with Crippen LogP contribution in [0.25, 0.3) is 16.6 Å². The minimum atomic E-state index is -0.342. The number of hydrogen-bond donors (Lipinski definition) is 5. The van der Waals surface area contributed by atoms with E-state index in [-0.39, 0.29) is 24.1 Å². The molecule has 0 unspecified atom stereocenters. The third-order valence-electron chi connectivity index (χ3n) is 4.47. The predicted octanol–water partition coefficient (Wildman–Crippen LogP) is 1.65. The van der Waals surface area contributed by atoms with Crippen LogP contribution >= 0.6 is 0 Å². The van der Waals surface area contributed by atoms with E-state index in [1.807, 2.05) is 13.8 Å². The zero-order valence-corrected chi connectivity index (χ0v) is 15.4. The number of nitrogens with two attached hydrogens (primary N) is 1. The highest BCUT2D eigenvalue weighted by atomic mass is 16.3. The van der Waals surface area contributed by atoms with Crippen LogP contribution in [0, 0.1) is 5.41 Å². The monoisotopic (exact) mass is 368 g/mol. The van der Waals surface area contributed by atoms with Crippen molar-refractivity contribution in [1.82, 2.24) is 15.3 Å². The average Bonchev–Trinajstić information content (AvgIpc) is 2.61. The zero-order valence-electron chi connectivity index (χ0n) is 15.4. The van der Waals surface area contributed by atoms with Crippen LogP contribution in [0.3, 0.4) is 0 Å². The number of fused-ring (bicyclic) bond motifs is 1. The maximum absolute atomic E-state index is 12.8. The van der Waals surface area contributed by atoms with Crippen molar-refractivity contribution in [2.45, 2.75) is 44.9 Å². The second-order valence-corrected chi connectivity index (χ2v) is 6.97. The molecule has 1 aliphatic rings. The van der Waals surface area contributed by atoms with Gasteiger partial charge in [0.15, 0.2) is 0 Å². The Balaban J connectivity index is 2.06. The summed E-state index contributed by atoms with van der Waals surface area (Å²) in [6, 6.07) is 3.58. The molecule has 1 amide bonds. The van der Waals surface area contributed by atoms with Crippen LogP contribution < -0.4 is 16.4 Å². The fourth-order valence-corrected chi connectivity index (χ4v) is 3.01. The number of amides is 1. The van der Waals surface area contributed by atoms with Gasteiger partial charge in [0.05, 0.1) is 28.6 Å². The highest BCUT2D eigenvalue weighted by molar-refractivity contribution is 6.09. The molecule has 27 heavy (non-hydrogen) atoms. The van der Waals surface area contributed by atoms with E-state index in [9.17, 15) is 9.90 Å². The molecule has 8 heteroatoms. The molecule has 2 aromatic heterocycles. The first kappa shape index (κ1) is 18.8. The van der Waals surface area contributed by atoms with Crippen molar-refractivity contribution in [2.24, 2.45) is 5.73 Å².